The van der Waals surface area contributed by atoms with Crippen LogP contribution < -0.4 is 0 Å². The standard InChI is InChI=1S/C21H30F6O2/c1-13-2-4-14(5-3-13)15-6-8-16(9-7-15)20(23,24)28-17-10-11-19(18(22)12-17)29-21(25,26)27/h13,15,17-19H,2-12H2,1H3. The van der Waals surface area contributed by atoms with Gasteiger partial charge >= 0.3 is 12.5 Å². The highest BCUT2D eigenvalue weighted by atomic mass is 19.4. The summed E-state index contributed by atoms with van der Waals surface area (Å²) in [5.74, 6) is 2.67. The number of halogens is 6. The summed E-state index contributed by atoms with van der Waals surface area (Å²) in [6, 6.07) is 0. The van der Waals surface area contributed by atoms with Crippen LogP contribution in [0.2, 0.25) is 0 Å². The van der Waals surface area contributed by atoms with Gasteiger partial charge in [0.05, 0.1) is 18.1 Å². The molecule has 0 amide bonds. The van der Waals surface area contributed by atoms with Crippen molar-refractivity contribution in [2.45, 2.75) is 108 Å². The third-order valence-electron chi connectivity index (χ3n) is 6.76. The maximum Gasteiger partial charge on any atom is 0.522 e. The Hall–Kier alpha value is -0.500. The molecule has 0 N–H and O–H groups in total. The van der Waals surface area contributed by atoms with Crippen molar-refractivity contribution in [2.75, 3.05) is 0 Å². The van der Waals surface area contributed by atoms with Crippen molar-refractivity contribution in [2.24, 2.45) is 11.8 Å². The molecule has 0 aromatic heterocycles. The molecular weight excluding hydrogens is 398 g/mol. The largest absolute Gasteiger partial charge is 0.522 e. The molecule has 0 spiro atoms. The lowest BCUT2D eigenvalue weighted by atomic mass is 9.69. The number of ether oxygens (including phenoxy) is 2. The van der Waals surface area contributed by atoms with Gasteiger partial charge in [0.2, 0.25) is 0 Å². The van der Waals surface area contributed by atoms with Gasteiger partial charge in [-0.05, 0) is 69.1 Å². The lowest BCUT2D eigenvalue weighted by Crippen LogP contribution is -2.43. The van der Waals surface area contributed by atoms with Gasteiger partial charge in [0.15, 0.2) is 0 Å². The summed E-state index contributed by atoms with van der Waals surface area (Å²) in [7, 11) is 0. The van der Waals surface area contributed by atoms with Crippen LogP contribution in [0, 0.1) is 23.7 Å². The topological polar surface area (TPSA) is 18.5 Å². The molecule has 0 aliphatic heterocycles. The second-order valence-electron chi connectivity index (χ2n) is 8.91. The van der Waals surface area contributed by atoms with Gasteiger partial charge in [-0.3, -0.25) is 4.74 Å². The molecule has 3 unspecified atom stereocenters. The second kappa shape index (κ2) is 9.33. The van der Waals surface area contributed by atoms with E-state index >= 15 is 0 Å². The Morgan fingerprint density at radius 2 is 1.41 bits per heavy atom. The molecule has 3 saturated carbocycles. The van der Waals surface area contributed by atoms with Crippen molar-refractivity contribution in [1.29, 1.82) is 0 Å². The van der Waals surface area contributed by atoms with Gasteiger partial charge in [-0.15, -0.1) is 13.2 Å². The first kappa shape index (κ1) is 23.2. The van der Waals surface area contributed by atoms with Crippen LogP contribution in [0.25, 0.3) is 0 Å². The molecule has 0 aromatic rings. The molecule has 29 heavy (non-hydrogen) atoms. The Balaban J connectivity index is 1.44. The second-order valence-corrected chi connectivity index (χ2v) is 8.91. The fourth-order valence-corrected chi connectivity index (χ4v) is 4.96. The van der Waals surface area contributed by atoms with Crippen LogP contribution >= 0.6 is 0 Å². The monoisotopic (exact) mass is 428 g/mol. The number of rotatable bonds is 5. The molecule has 8 heteroatoms. The predicted molar refractivity (Wildman–Crippen MR) is 95.6 cm³/mol. The highest BCUT2D eigenvalue weighted by Gasteiger charge is 2.48. The van der Waals surface area contributed by atoms with E-state index in [2.05, 4.69) is 11.7 Å². The molecule has 3 fully saturated rings. The Morgan fingerprint density at radius 1 is 0.793 bits per heavy atom. The van der Waals surface area contributed by atoms with E-state index in [1.807, 2.05) is 0 Å². The lowest BCUT2D eigenvalue weighted by molar-refractivity contribution is -0.355. The van der Waals surface area contributed by atoms with Gasteiger partial charge in [-0.1, -0.05) is 19.8 Å². The number of alkyl halides is 6. The van der Waals surface area contributed by atoms with E-state index < -0.39 is 37.3 Å². The maximum absolute atomic E-state index is 14.6. The molecule has 3 aliphatic rings. The summed E-state index contributed by atoms with van der Waals surface area (Å²) in [6.07, 6.45) is -7.54. The van der Waals surface area contributed by atoms with Crippen molar-refractivity contribution >= 4 is 0 Å². The van der Waals surface area contributed by atoms with Gasteiger partial charge in [-0.2, -0.15) is 8.78 Å². The first-order valence-corrected chi connectivity index (χ1v) is 10.7. The molecule has 0 saturated heterocycles. The first-order valence-electron chi connectivity index (χ1n) is 10.7. The lowest BCUT2D eigenvalue weighted by Gasteiger charge is -2.40. The van der Waals surface area contributed by atoms with E-state index in [1.165, 1.54) is 18.8 Å². The minimum absolute atomic E-state index is 0.0302. The zero-order valence-corrected chi connectivity index (χ0v) is 16.7. The van der Waals surface area contributed by atoms with Crippen LogP contribution in [-0.4, -0.2) is 30.9 Å². The molecule has 2 nitrogen and oxygen atoms in total. The van der Waals surface area contributed by atoms with Crippen LogP contribution in [-0.2, 0) is 9.47 Å². The van der Waals surface area contributed by atoms with Crippen molar-refractivity contribution < 1.29 is 35.8 Å². The fourth-order valence-electron chi connectivity index (χ4n) is 4.96. The number of hydrogen-bond donors (Lipinski definition) is 0. The van der Waals surface area contributed by atoms with E-state index in [0.29, 0.717) is 18.8 Å². The van der Waals surface area contributed by atoms with Crippen LogP contribution in [0.15, 0.2) is 0 Å². The van der Waals surface area contributed by atoms with Crippen molar-refractivity contribution in [3.05, 3.63) is 11.8 Å². The van der Waals surface area contributed by atoms with Gasteiger partial charge in [-0.25, -0.2) is 4.39 Å². The zero-order chi connectivity index (χ0) is 21.2. The van der Waals surface area contributed by atoms with Crippen molar-refractivity contribution in [1.82, 2.24) is 0 Å². The van der Waals surface area contributed by atoms with Crippen LogP contribution in [0.5, 0.6) is 0 Å². The smallest absolute Gasteiger partial charge is 0.317 e. The summed E-state index contributed by atoms with van der Waals surface area (Å²) in [4.78, 5) is 0. The molecule has 0 aromatic carbocycles. The predicted octanol–water partition coefficient (Wildman–Crippen LogP) is 6.94. The van der Waals surface area contributed by atoms with Crippen molar-refractivity contribution in [3.8, 4) is 0 Å². The average Bonchev–Trinajstić information content (AvgIpc) is 2.63. The minimum atomic E-state index is -4.94. The minimum Gasteiger partial charge on any atom is -0.317 e. The summed E-state index contributed by atoms with van der Waals surface area (Å²) in [6.45, 7) is 2.24. The Kier molecular flexibility index (Phi) is 7.45. The maximum atomic E-state index is 14.6. The third kappa shape index (κ3) is 6.49. The molecule has 0 heterocycles. The highest BCUT2D eigenvalue weighted by molar-refractivity contribution is 5.08. The Bertz CT molecular complexity index is 510. The van der Waals surface area contributed by atoms with Crippen molar-refractivity contribution in [3.63, 3.8) is 0 Å². The molecule has 168 valence electrons. The van der Waals surface area contributed by atoms with E-state index in [0.717, 1.165) is 18.8 Å². The summed E-state index contributed by atoms with van der Waals surface area (Å²) >= 11 is 0. The summed E-state index contributed by atoms with van der Waals surface area (Å²) in [5, 5.41) is 0. The quantitative estimate of drug-likeness (QED) is 0.442. The molecular formula is C21H30F6O2. The first-order chi connectivity index (χ1) is 13.5. The number of hydrogen-bond acceptors (Lipinski definition) is 2. The SMILES string of the molecule is CC1CC[C](C2CC[C](C(F)(F)OC3CCC(OC(F)(F)F)C(F)C3)CC2)CC1. The third-order valence-corrected chi connectivity index (χ3v) is 6.76. The van der Waals surface area contributed by atoms with Gasteiger partial charge in [0, 0.05) is 6.42 Å². The Morgan fingerprint density at radius 3 is 1.97 bits per heavy atom. The van der Waals surface area contributed by atoms with E-state index in [1.54, 1.807) is 0 Å². The zero-order valence-electron chi connectivity index (χ0n) is 16.7. The molecule has 2 radical (unpaired) electrons. The fraction of sp³-hybridized carbons (Fsp3) is 0.905. The Labute approximate surface area is 168 Å². The highest BCUT2D eigenvalue weighted by Crippen LogP contribution is 2.48. The van der Waals surface area contributed by atoms with E-state index in [9.17, 15) is 26.3 Å². The summed E-state index contributed by atoms with van der Waals surface area (Å²) in [5.41, 5.74) is 0. The van der Waals surface area contributed by atoms with Gasteiger partial charge in [0.25, 0.3) is 0 Å². The molecule has 3 rings (SSSR count). The summed E-state index contributed by atoms with van der Waals surface area (Å²) < 4.78 is 88.6. The van der Waals surface area contributed by atoms with Crippen LogP contribution in [0.3, 0.4) is 0 Å². The van der Waals surface area contributed by atoms with E-state index in [-0.39, 0.29) is 31.6 Å². The molecule has 3 atom stereocenters. The van der Waals surface area contributed by atoms with Gasteiger partial charge < -0.3 is 4.74 Å². The van der Waals surface area contributed by atoms with E-state index in [4.69, 9.17) is 4.74 Å². The van der Waals surface area contributed by atoms with Crippen LogP contribution in [0.4, 0.5) is 26.3 Å². The van der Waals surface area contributed by atoms with Gasteiger partial charge in [0.1, 0.15) is 6.17 Å². The molecule has 3 aliphatic carbocycles. The van der Waals surface area contributed by atoms with Crippen LogP contribution in [0.1, 0.15) is 77.6 Å². The average molecular weight is 428 g/mol. The normalized spacial score (nSPS) is 32.6. The molecule has 0 bridgehead atoms.